The van der Waals surface area contributed by atoms with Gasteiger partial charge in [0.15, 0.2) is 0 Å². The lowest BCUT2D eigenvalue weighted by Crippen LogP contribution is -2.49. The summed E-state index contributed by atoms with van der Waals surface area (Å²) >= 11 is 0. The molecule has 0 saturated heterocycles. The number of alkyl halides is 3. The van der Waals surface area contributed by atoms with Crippen LogP contribution in [0.1, 0.15) is 23.5 Å². The highest BCUT2D eigenvalue weighted by Crippen LogP contribution is 2.44. The summed E-state index contributed by atoms with van der Waals surface area (Å²) in [5.74, 6) is -2.61. The summed E-state index contributed by atoms with van der Waals surface area (Å²) in [6, 6.07) is 13.2. The van der Waals surface area contributed by atoms with E-state index in [0.29, 0.717) is 0 Å². The minimum Gasteiger partial charge on any atom is -0.480 e. The first-order valence-corrected chi connectivity index (χ1v) is 10.4. The molecule has 1 aliphatic carbocycles. The number of carbonyl (C=O) groups excluding carboxylic acids is 2. The van der Waals surface area contributed by atoms with Gasteiger partial charge in [-0.3, -0.25) is 4.79 Å². The van der Waals surface area contributed by atoms with E-state index < -0.39 is 43.2 Å². The Balaban J connectivity index is 1.59. The molecule has 0 bridgehead atoms. The van der Waals surface area contributed by atoms with E-state index in [2.05, 4.69) is 5.32 Å². The number of aliphatic carboxylic acids is 1. The normalized spacial score (nSPS) is 13.5. The SMILES string of the molecule is O=C(O)COCCNC(=O)C(CC(F)(F)F)NC(=O)OCC1c2ccccc2-c2ccccc21. The molecule has 0 radical (unpaired) electrons. The number of halogens is 3. The first kappa shape index (κ1) is 25.0. The van der Waals surface area contributed by atoms with Crippen LogP contribution < -0.4 is 10.6 Å². The van der Waals surface area contributed by atoms with E-state index in [1.165, 1.54) is 0 Å². The lowest BCUT2D eigenvalue weighted by atomic mass is 9.98. The van der Waals surface area contributed by atoms with Crippen LogP contribution in [-0.4, -0.2) is 61.7 Å². The highest BCUT2D eigenvalue weighted by molar-refractivity contribution is 5.85. The van der Waals surface area contributed by atoms with Crippen molar-refractivity contribution in [3.8, 4) is 11.1 Å². The average Bonchev–Trinajstić information content (AvgIpc) is 3.09. The van der Waals surface area contributed by atoms with Gasteiger partial charge in [0.1, 0.15) is 19.3 Å². The van der Waals surface area contributed by atoms with Crippen molar-refractivity contribution >= 4 is 18.0 Å². The molecule has 0 spiro atoms. The van der Waals surface area contributed by atoms with Gasteiger partial charge in [0.2, 0.25) is 5.91 Å². The minimum atomic E-state index is -4.72. The highest BCUT2D eigenvalue weighted by atomic mass is 19.4. The van der Waals surface area contributed by atoms with Crippen molar-refractivity contribution in [3.05, 3.63) is 59.7 Å². The first-order chi connectivity index (χ1) is 16.2. The zero-order valence-corrected chi connectivity index (χ0v) is 17.9. The Kier molecular flexibility index (Phi) is 8.11. The Hall–Kier alpha value is -3.60. The minimum absolute atomic E-state index is 0.122. The third kappa shape index (κ3) is 6.70. The van der Waals surface area contributed by atoms with Crippen LogP contribution in [-0.2, 0) is 19.1 Å². The second kappa shape index (κ2) is 11.0. The van der Waals surface area contributed by atoms with Crippen LogP contribution in [0.2, 0.25) is 0 Å². The van der Waals surface area contributed by atoms with E-state index in [4.69, 9.17) is 14.6 Å². The largest absolute Gasteiger partial charge is 0.480 e. The lowest BCUT2D eigenvalue weighted by Gasteiger charge is -2.20. The first-order valence-electron chi connectivity index (χ1n) is 10.4. The Morgan fingerprint density at radius 3 is 2.15 bits per heavy atom. The summed E-state index contributed by atoms with van der Waals surface area (Å²) in [6.07, 6.45) is -7.48. The molecule has 3 rings (SSSR count). The highest BCUT2D eigenvalue weighted by Gasteiger charge is 2.37. The zero-order chi connectivity index (χ0) is 24.7. The van der Waals surface area contributed by atoms with Crippen molar-refractivity contribution in [2.24, 2.45) is 0 Å². The predicted molar refractivity (Wildman–Crippen MR) is 114 cm³/mol. The van der Waals surface area contributed by atoms with E-state index in [-0.39, 0.29) is 25.7 Å². The summed E-state index contributed by atoms with van der Waals surface area (Å²) in [7, 11) is 0. The van der Waals surface area contributed by atoms with E-state index in [9.17, 15) is 27.6 Å². The number of carboxylic acid groups (broad SMARTS) is 1. The molecule has 0 saturated carbocycles. The standard InChI is InChI=1S/C23H23F3N2O6/c24-23(25,26)11-19(21(31)27-9-10-33-13-20(29)30)28-22(32)34-12-18-16-7-3-1-5-14(16)15-6-2-4-8-17(15)18/h1-8,18-19H,9-13H2,(H,27,31)(H,28,32)(H,29,30). The summed E-state index contributed by atoms with van der Waals surface area (Å²) in [5.41, 5.74) is 3.85. The number of benzene rings is 2. The molecule has 182 valence electrons. The monoisotopic (exact) mass is 480 g/mol. The van der Waals surface area contributed by atoms with E-state index in [0.717, 1.165) is 22.3 Å². The van der Waals surface area contributed by atoms with Gasteiger partial charge >= 0.3 is 18.2 Å². The fourth-order valence-corrected chi connectivity index (χ4v) is 3.75. The zero-order valence-electron chi connectivity index (χ0n) is 17.9. The lowest BCUT2D eigenvalue weighted by molar-refractivity contribution is -0.149. The van der Waals surface area contributed by atoms with Crippen LogP contribution in [0.3, 0.4) is 0 Å². The maximum atomic E-state index is 12.9. The molecule has 2 aromatic carbocycles. The van der Waals surface area contributed by atoms with Crippen molar-refractivity contribution in [2.75, 3.05) is 26.4 Å². The van der Waals surface area contributed by atoms with Gasteiger partial charge in [-0.1, -0.05) is 48.5 Å². The average molecular weight is 480 g/mol. The number of carboxylic acids is 1. The summed E-state index contributed by atoms with van der Waals surface area (Å²) in [4.78, 5) is 34.9. The molecule has 1 aliphatic rings. The molecule has 34 heavy (non-hydrogen) atoms. The number of hydrogen-bond donors (Lipinski definition) is 3. The Bertz CT molecular complexity index is 998. The van der Waals surface area contributed by atoms with E-state index >= 15 is 0 Å². The number of amides is 2. The molecule has 2 amide bonds. The van der Waals surface area contributed by atoms with Crippen LogP contribution in [0.25, 0.3) is 11.1 Å². The van der Waals surface area contributed by atoms with Crippen molar-refractivity contribution in [1.29, 1.82) is 0 Å². The molecule has 3 N–H and O–H groups in total. The summed E-state index contributed by atoms with van der Waals surface area (Å²) < 4.78 is 48.8. The molecule has 2 aromatic rings. The van der Waals surface area contributed by atoms with E-state index in [1.54, 1.807) is 0 Å². The van der Waals surface area contributed by atoms with Gasteiger partial charge in [0.25, 0.3) is 0 Å². The molecule has 0 aliphatic heterocycles. The topological polar surface area (TPSA) is 114 Å². The van der Waals surface area contributed by atoms with Crippen LogP contribution in [0, 0.1) is 0 Å². The quantitative estimate of drug-likeness (QED) is 0.451. The number of rotatable bonds is 10. The second-order valence-electron chi connectivity index (χ2n) is 7.58. The third-order valence-electron chi connectivity index (χ3n) is 5.16. The fourth-order valence-electron chi connectivity index (χ4n) is 3.75. The molecular formula is C23H23F3N2O6. The molecule has 0 heterocycles. The Morgan fingerprint density at radius 2 is 1.59 bits per heavy atom. The number of ether oxygens (including phenoxy) is 2. The second-order valence-corrected chi connectivity index (χ2v) is 7.58. The van der Waals surface area contributed by atoms with Crippen LogP contribution in [0.15, 0.2) is 48.5 Å². The van der Waals surface area contributed by atoms with Crippen LogP contribution >= 0.6 is 0 Å². The van der Waals surface area contributed by atoms with Gasteiger partial charge in [0, 0.05) is 12.5 Å². The van der Waals surface area contributed by atoms with Crippen molar-refractivity contribution in [2.45, 2.75) is 24.6 Å². The van der Waals surface area contributed by atoms with Gasteiger partial charge in [-0.25, -0.2) is 9.59 Å². The number of hydrogen-bond acceptors (Lipinski definition) is 5. The number of nitrogens with one attached hydrogen (secondary N) is 2. The fraction of sp³-hybridized carbons (Fsp3) is 0.348. The van der Waals surface area contributed by atoms with Crippen molar-refractivity contribution in [3.63, 3.8) is 0 Å². The van der Waals surface area contributed by atoms with Crippen molar-refractivity contribution in [1.82, 2.24) is 10.6 Å². The Labute approximate surface area is 193 Å². The molecule has 0 fully saturated rings. The van der Waals surface area contributed by atoms with Gasteiger partial charge in [0.05, 0.1) is 13.0 Å². The molecule has 11 heteroatoms. The molecule has 1 unspecified atom stereocenters. The maximum absolute atomic E-state index is 12.9. The number of carbonyl (C=O) groups is 3. The third-order valence-corrected chi connectivity index (χ3v) is 5.16. The molecule has 0 aromatic heterocycles. The number of fused-ring (bicyclic) bond motifs is 3. The molecular weight excluding hydrogens is 457 g/mol. The van der Waals surface area contributed by atoms with Gasteiger partial charge in [-0.2, -0.15) is 13.2 Å². The Morgan fingerprint density at radius 1 is 1.00 bits per heavy atom. The number of alkyl carbamates (subject to hydrolysis) is 1. The van der Waals surface area contributed by atoms with Gasteiger partial charge < -0.3 is 25.2 Å². The maximum Gasteiger partial charge on any atom is 0.407 e. The van der Waals surface area contributed by atoms with E-state index in [1.807, 2.05) is 53.8 Å². The smallest absolute Gasteiger partial charge is 0.407 e. The van der Waals surface area contributed by atoms with Gasteiger partial charge in [-0.15, -0.1) is 0 Å². The van der Waals surface area contributed by atoms with Crippen LogP contribution in [0.5, 0.6) is 0 Å². The summed E-state index contributed by atoms with van der Waals surface area (Å²) in [6.45, 7) is -1.18. The molecule has 1 atom stereocenters. The molecule has 8 nitrogen and oxygen atoms in total. The van der Waals surface area contributed by atoms with Crippen molar-refractivity contribution < 1.29 is 42.1 Å². The van der Waals surface area contributed by atoms with Gasteiger partial charge in [-0.05, 0) is 22.3 Å². The van der Waals surface area contributed by atoms with Crippen LogP contribution in [0.4, 0.5) is 18.0 Å². The summed E-state index contributed by atoms with van der Waals surface area (Å²) in [5, 5.41) is 12.6. The predicted octanol–water partition coefficient (Wildman–Crippen LogP) is 3.06.